The molecule has 1 aromatic carbocycles. The zero-order valence-corrected chi connectivity index (χ0v) is 11.8. The van der Waals surface area contributed by atoms with Gasteiger partial charge in [0, 0.05) is 36.6 Å². The van der Waals surface area contributed by atoms with Crippen LogP contribution in [0.4, 0.5) is 11.4 Å². The lowest BCUT2D eigenvalue weighted by atomic mass is 10.2. The molecule has 2 aromatic rings. The molecule has 0 radical (unpaired) electrons. The van der Waals surface area contributed by atoms with Crippen LogP contribution in [0.25, 0.3) is 0 Å². The SMILES string of the molecule is CCC(=O)Nc1ccc(Cl)c(NCc2cncnc2)c1. The highest BCUT2D eigenvalue weighted by Gasteiger charge is 2.04. The van der Waals surface area contributed by atoms with Crippen LogP contribution in [0.2, 0.25) is 5.02 Å². The van der Waals surface area contributed by atoms with E-state index in [9.17, 15) is 4.79 Å². The third-order valence-electron chi connectivity index (χ3n) is 2.67. The standard InChI is InChI=1S/C14H15ClN4O/c1-2-14(20)19-11-3-4-12(15)13(5-11)18-8-10-6-16-9-17-7-10/h3-7,9,18H,2,8H2,1H3,(H,19,20). The molecule has 0 aliphatic carbocycles. The highest BCUT2D eigenvalue weighted by atomic mass is 35.5. The molecule has 1 heterocycles. The lowest BCUT2D eigenvalue weighted by Crippen LogP contribution is -2.10. The molecule has 1 amide bonds. The molecule has 0 fully saturated rings. The number of carbonyl (C=O) groups is 1. The Morgan fingerprint density at radius 3 is 2.75 bits per heavy atom. The van der Waals surface area contributed by atoms with E-state index in [-0.39, 0.29) is 5.91 Å². The molecule has 0 saturated heterocycles. The third kappa shape index (κ3) is 3.93. The minimum atomic E-state index is -0.0327. The Labute approximate surface area is 122 Å². The Kier molecular flexibility index (Phi) is 4.90. The van der Waals surface area contributed by atoms with E-state index in [1.54, 1.807) is 37.5 Å². The molecule has 2 rings (SSSR count). The van der Waals surface area contributed by atoms with Gasteiger partial charge in [0.1, 0.15) is 6.33 Å². The second-order valence-electron chi connectivity index (χ2n) is 4.20. The van der Waals surface area contributed by atoms with Crippen LogP contribution in [0, 0.1) is 0 Å². The fourth-order valence-corrected chi connectivity index (χ4v) is 1.79. The summed E-state index contributed by atoms with van der Waals surface area (Å²) in [4.78, 5) is 19.3. The first-order valence-electron chi connectivity index (χ1n) is 6.26. The largest absolute Gasteiger partial charge is 0.380 e. The monoisotopic (exact) mass is 290 g/mol. The average molecular weight is 291 g/mol. The van der Waals surface area contributed by atoms with Gasteiger partial charge in [0.25, 0.3) is 0 Å². The molecule has 0 atom stereocenters. The van der Waals surface area contributed by atoms with E-state index in [0.29, 0.717) is 23.7 Å². The summed E-state index contributed by atoms with van der Waals surface area (Å²) in [6, 6.07) is 5.32. The van der Waals surface area contributed by atoms with E-state index in [4.69, 9.17) is 11.6 Å². The molecule has 20 heavy (non-hydrogen) atoms. The molecule has 0 saturated carbocycles. The highest BCUT2D eigenvalue weighted by molar-refractivity contribution is 6.33. The summed E-state index contributed by atoms with van der Waals surface area (Å²) in [6.07, 6.45) is 5.39. The van der Waals surface area contributed by atoms with Crippen LogP contribution in [0.15, 0.2) is 36.9 Å². The molecule has 5 nitrogen and oxygen atoms in total. The summed E-state index contributed by atoms with van der Waals surface area (Å²) in [5.41, 5.74) is 2.42. The maximum Gasteiger partial charge on any atom is 0.224 e. The van der Waals surface area contributed by atoms with Crippen LogP contribution in [0.1, 0.15) is 18.9 Å². The molecule has 0 bridgehead atoms. The number of halogens is 1. The van der Waals surface area contributed by atoms with Gasteiger partial charge in [0.2, 0.25) is 5.91 Å². The molecule has 0 aliphatic rings. The topological polar surface area (TPSA) is 66.9 Å². The van der Waals surface area contributed by atoms with Crippen LogP contribution < -0.4 is 10.6 Å². The fourth-order valence-electron chi connectivity index (χ4n) is 1.61. The van der Waals surface area contributed by atoms with E-state index in [2.05, 4.69) is 20.6 Å². The number of nitrogens with one attached hydrogen (secondary N) is 2. The molecule has 0 aliphatic heterocycles. The average Bonchev–Trinajstić information content (AvgIpc) is 2.48. The van der Waals surface area contributed by atoms with Crippen molar-refractivity contribution in [1.82, 2.24) is 9.97 Å². The number of hydrogen-bond donors (Lipinski definition) is 2. The van der Waals surface area contributed by atoms with Crippen LogP contribution in [0.3, 0.4) is 0 Å². The second-order valence-corrected chi connectivity index (χ2v) is 4.60. The number of hydrogen-bond acceptors (Lipinski definition) is 4. The minimum absolute atomic E-state index is 0.0327. The van der Waals surface area contributed by atoms with Crippen molar-refractivity contribution in [1.29, 1.82) is 0 Å². The molecule has 0 unspecified atom stereocenters. The van der Waals surface area contributed by atoms with Gasteiger partial charge in [-0.25, -0.2) is 9.97 Å². The van der Waals surface area contributed by atoms with Gasteiger partial charge < -0.3 is 10.6 Å². The summed E-state index contributed by atoms with van der Waals surface area (Å²) in [5.74, 6) is -0.0327. The van der Waals surface area contributed by atoms with Crippen molar-refractivity contribution in [2.45, 2.75) is 19.9 Å². The molecule has 0 spiro atoms. The van der Waals surface area contributed by atoms with Crippen molar-refractivity contribution in [2.24, 2.45) is 0 Å². The first kappa shape index (κ1) is 14.3. The van der Waals surface area contributed by atoms with E-state index in [1.165, 1.54) is 6.33 Å². The number of rotatable bonds is 5. The van der Waals surface area contributed by atoms with Crippen molar-refractivity contribution < 1.29 is 4.79 Å². The number of amides is 1. The Morgan fingerprint density at radius 1 is 1.30 bits per heavy atom. The molecular formula is C14H15ClN4O. The van der Waals surface area contributed by atoms with Crippen molar-refractivity contribution in [3.8, 4) is 0 Å². The van der Waals surface area contributed by atoms with E-state index in [0.717, 1.165) is 11.3 Å². The molecule has 6 heteroatoms. The maximum absolute atomic E-state index is 11.4. The van der Waals surface area contributed by atoms with Crippen molar-refractivity contribution in [3.63, 3.8) is 0 Å². The molecule has 104 valence electrons. The predicted molar refractivity (Wildman–Crippen MR) is 79.7 cm³/mol. The smallest absolute Gasteiger partial charge is 0.224 e. The Hall–Kier alpha value is -2.14. The number of benzene rings is 1. The van der Waals surface area contributed by atoms with Gasteiger partial charge in [-0.1, -0.05) is 18.5 Å². The Balaban J connectivity index is 2.06. The van der Waals surface area contributed by atoms with Gasteiger partial charge in [-0.05, 0) is 18.2 Å². The Morgan fingerprint density at radius 2 is 2.05 bits per heavy atom. The quantitative estimate of drug-likeness (QED) is 0.888. The maximum atomic E-state index is 11.4. The summed E-state index contributed by atoms with van der Waals surface area (Å²) < 4.78 is 0. The van der Waals surface area contributed by atoms with Crippen LogP contribution in [0.5, 0.6) is 0 Å². The summed E-state index contributed by atoms with van der Waals surface area (Å²) in [5, 5.41) is 6.59. The number of carbonyl (C=O) groups excluding carboxylic acids is 1. The minimum Gasteiger partial charge on any atom is -0.380 e. The zero-order chi connectivity index (χ0) is 14.4. The summed E-state index contributed by atoms with van der Waals surface area (Å²) in [7, 11) is 0. The Bertz CT molecular complexity index is 589. The van der Waals surface area contributed by atoms with Gasteiger partial charge in [0.15, 0.2) is 0 Å². The van der Waals surface area contributed by atoms with Crippen LogP contribution in [-0.2, 0) is 11.3 Å². The number of nitrogens with zero attached hydrogens (tertiary/aromatic N) is 2. The summed E-state index contributed by atoms with van der Waals surface area (Å²) in [6.45, 7) is 2.37. The number of aromatic nitrogens is 2. The lowest BCUT2D eigenvalue weighted by molar-refractivity contribution is -0.115. The summed E-state index contributed by atoms with van der Waals surface area (Å²) >= 11 is 6.13. The van der Waals surface area contributed by atoms with E-state index < -0.39 is 0 Å². The lowest BCUT2D eigenvalue weighted by Gasteiger charge is -2.11. The van der Waals surface area contributed by atoms with Crippen molar-refractivity contribution >= 4 is 28.9 Å². The third-order valence-corrected chi connectivity index (χ3v) is 3.00. The van der Waals surface area contributed by atoms with Gasteiger partial charge in [-0.15, -0.1) is 0 Å². The predicted octanol–water partition coefficient (Wildman–Crippen LogP) is 3.09. The van der Waals surface area contributed by atoms with Gasteiger partial charge in [-0.3, -0.25) is 4.79 Å². The molecular weight excluding hydrogens is 276 g/mol. The first-order chi connectivity index (χ1) is 9.69. The van der Waals surface area contributed by atoms with Gasteiger partial charge in [-0.2, -0.15) is 0 Å². The molecule has 1 aromatic heterocycles. The zero-order valence-electron chi connectivity index (χ0n) is 11.1. The molecule has 2 N–H and O–H groups in total. The van der Waals surface area contributed by atoms with Gasteiger partial charge >= 0.3 is 0 Å². The van der Waals surface area contributed by atoms with Gasteiger partial charge in [0.05, 0.1) is 10.7 Å². The highest BCUT2D eigenvalue weighted by Crippen LogP contribution is 2.26. The first-order valence-corrected chi connectivity index (χ1v) is 6.64. The normalized spacial score (nSPS) is 10.1. The van der Waals surface area contributed by atoms with E-state index >= 15 is 0 Å². The fraction of sp³-hybridized carbons (Fsp3) is 0.214. The second kappa shape index (κ2) is 6.86. The van der Waals surface area contributed by atoms with Crippen molar-refractivity contribution in [2.75, 3.05) is 10.6 Å². The number of anilines is 2. The van der Waals surface area contributed by atoms with Crippen molar-refractivity contribution in [3.05, 3.63) is 47.5 Å². The van der Waals surface area contributed by atoms with E-state index in [1.807, 2.05) is 0 Å². The van der Waals surface area contributed by atoms with Crippen LogP contribution >= 0.6 is 11.6 Å². The van der Waals surface area contributed by atoms with Crippen LogP contribution in [-0.4, -0.2) is 15.9 Å².